The van der Waals surface area contributed by atoms with Gasteiger partial charge in [-0.3, -0.25) is 0 Å². The molecule has 5 heteroatoms. The molecule has 0 fully saturated rings. The van der Waals surface area contributed by atoms with Gasteiger partial charge in [-0.1, -0.05) is 41.9 Å². The van der Waals surface area contributed by atoms with Crippen LogP contribution in [0.15, 0.2) is 23.2 Å². The highest BCUT2D eigenvalue weighted by molar-refractivity contribution is 8.13. The Kier molecular flexibility index (Phi) is 4.58. The second-order valence-electron chi connectivity index (χ2n) is 2.48. The van der Waals surface area contributed by atoms with Gasteiger partial charge in [0.15, 0.2) is 5.17 Å². The van der Waals surface area contributed by atoms with Crippen molar-refractivity contribution in [3.8, 4) is 0 Å². The van der Waals surface area contributed by atoms with Gasteiger partial charge in [0.1, 0.15) is 0 Å². The Balaban J connectivity index is 2.87. The second-order valence-corrected chi connectivity index (χ2v) is 4.58. The van der Waals surface area contributed by atoms with Gasteiger partial charge in [0.05, 0.1) is 15.7 Å². The van der Waals surface area contributed by atoms with E-state index in [1.165, 1.54) is 11.8 Å². The molecule has 2 N–H and O–H groups in total. The van der Waals surface area contributed by atoms with Crippen LogP contribution in [0.1, 0.15) is 6.92 Å². The normalized spacial score (nSPS) is 11.8. The van der Waals surface area contributed by atoms with Crippen LogP contribution in [0.5, 0.6) is 0 Å². The van der Waals surface area contributed by atoms with Gasteiger partial charge in [0.25, 0.3) is 0 Å². The smallest absolute Gasteiger partial charge is 0.159 e. The predicted octanol–water partition coefficient (Wildman–Crippen LogP) is 3.69. The standard InChI is InChI=1S/C9H10Cl2N2S/c1-2-14-9(12)13-6-3-4-7(10)8(11)5-6/h3-5H,2H2,1H3,(H2,12,13). The van der Waals surface area contributed by atoms with Gasteiger partial charge in [0, 0.05) is 0 Å². The molecule has 14 heavy (non-hydrogen) atoms. The minimum absolute atomic E-state index is 0.488. The van der Waals surface area contributed by atoms with Crippen LogP contribution in [-0.2, 0) is 0 Å². The van der Waals surface area contributed by atoms with Crippen molar-refractivity contribution in [2.75, 3.05) is 5.75 Å². The summed E-state index contributed by atoms with van der Waals surface area (Å²) in [4.78, 5) is 4.17. The van der Waals surface area contributed by atoms with Crippen molar-refractivity contribution in [2.24, 2.45) is 10.7 Å². The Morgan fingerprint density at radius 1 is 1.43 bits per heavy atom. The maximum Gasteiger partial charge on any atom is 0.159 e. The van der Waals surface area contributed by atoms with Crippen LogP contribution >= 0.6 is 35.0 Å². The average Bonchev–Trinajstić information content (AvgIpc) is 2.12. The van der Waals surface area contributed by atoms with Crippen LogP contribution in [0.2, 0.25) is 10.0 Å². The molecular weight excluding hydrogens is 239 g/mol. The zero-order valence-electron chi connectivity index (χ0n) is 7.63. The van der Waals surface area contributed by atoms with Crippen LogP contribution in [0.4, 0.5) is 5.69 Å². The van der Waals surface area contributed by atoms with Gasteiger partial charge in [0.2, 0.25) is 0 Å². The first kappa shape index (κ1) is 11.7. The molecule has 1 rings (SSSR count). The lowest BCUT2D eigenvalue weighted by Gasteiger charge is -1.99. The predicted molar refractivity (Wildman–Crippen MR) is 65.9 cm³/mol. The third kappa shape index (κ3) is 3.40. The summed E-state index contributed by atoms with van der Waals surface area (Å²) in [5.74, 6) is 0.899. The highest BCUT2D eigenvalue weighted by Crippen LogP contribution is 2.26. The molecule has 76 valence electrons. The summed E-state index contributed by atoms with van der Waals surface area (Å²) >= 11 is 13.1. The summed E-state index contributed by atoms with van der Waals surface area (Å²) in [5, 5.41) is 1.54. The Hall–Kier alpha value is -0.380. The van der Waals surface area contributed by atoms with Gasteiger partial charge >= 0.3 is 0 Å². The number of aliphatic imine (C=N–C) groups is 1. The molecule has 0 aromatic heterocycles. The molecule has 0 aliphatic heterocycles. The summed E-state index contributed by atoms with van der Waals surface area (Å²) < 4.78 is 0. The number of halogens is 2. The zero-order chi connectivity index (χ0) is 10.6. The fourth-order valence-electron chi connectivity index (χ4n) is 0.862. The molecule has 0 atom stereocenters. The van der Waals surface area contributed by atoms with Crippen LogP contribution in [-0.4, -0.2) is 10.9 Å². The minimum Gasteiger partial charge on any atom is -0.378 e. The largest absolute Gasteiger partial charge is 0.378 e. The minimum atomic E-state index is 0.488. The Morgan fingerprint density at radius 3 is 2.71 bits per heavy atom. The van der Waals surface area contributed by atoms with E-state index in [4.69, 9.17) is 28.9 Å². The summed E-state index contributed by atoms with van der Waals surface area (Å²) in [6.07, 6.45) is 0. The van der Waals surface area contributed by atoms with E-state index in [2.05, 4.69) is 4.99 Å². The fourth-order valence-corrected chi connectivity index (χ4v) is 1.62. The monoisotopic (exact) mass is 248 g/mol. The Morgan fingerprint density at radius 2 is 2.14 bits per heavy atom. The number of amidine groups is 1. The number of nitrogens with zero attached hydrogens (tertiary/aromatic N) is 1. The number of hydrogen-bond acceptors (Lipinski definition) is 2. The number of benzene rings is 1. The van der Waals surface area contributed by atoms with Crippen molar-refractivity contribution >= 4 is 45.8 Å². The molecule has 0 heterocycles. The van der Waals surface area contributed by atoms with Crippen molar-refractivity contribution in [1.82, 2.24) is 0 Å². The highest BCUT2D eigenvalue weighted by Gasteiger charge is 1.99. The third-order valence-electron chi connectivity index (χ3n) is 1.43. The first-order valence-corrected chi connectivity index (χ1v) is 5.79. The zero-order valence-corrected chi connectivity index (χ0v) is 9.96. The number of rotatable bonds is 2. The van der Waals surface area contributed by atoms with E-state index in [0.717, 1.165) is 11.4 Å². The molecule has 1 aromatic rings. The van der Waals surface area contributed by atoms with E-state index in [1.807, 2.05) is 6.92 Å². The van der Waals surface area contributed by atoms with Gasteiger partial charge in [-0.25, -0.2) is 4.99 Å². The summed E-state index contributed by atoms with van der Waals surface area (Å²) in [6.45, 7) is 2.02. The molecule has 2 nitrogen and oxygen atoms in total. The molecular formula is C9H10Cl2N2S. The third-order valence-corrected chi connectivity index (χ3v) is 2.85. The fraction of sp³-hybridized carbons (Fsp3) is 0.222. The lowest BCUT2D eigenvalue weighted by molar-refractivity contribution is 1.49. The quantitative estimate of drug-likeness (QED) is 0.641. The average molecular weight is 249 g/mol. The van der Waals surface area contributed by atoms with Crippen molar-refractivity contribution in [1.29, 1.82) is 0 Å². The summed E-state index contributed by atoms with van der Waals surface area (Å²) in [6, 6.07) is 5.16. The maximum atomic E-state index is 5.83. The molecule has 0 saturated carbocycles. The molecule has 0 aliphatic rings. The second kappa shape index (κ2) is 5.49. The molecule has 0 spiro atoms. The van der Waals surface area contributed by atoms with E-state index < -0.39 is 0 Å². The summed E-state index contributed by atoms with van der Waals surface area (Å²) in [5.41, 5.74) is 6.36. The Bertz CT molecular complexity index is 353. The van der Waals surface area contributed by atoms with E-state index in [1.54, 1.807) is 18.2 Å². The maximum absolute atomic E-state index is 5.83. The van der Waals surface area contributed by atoms with Gasteiger partial charge in [-0.15, -0.1) is 0 Å². The van der Waals surface area contributed by atoms with Crippen molar-refractivity contribution in [3.63, 3.8) is 0 Å². The van der Waals surface area contributed by atoms with Crippen LogP contribution in [0, 0.1) is 0 Å². The lowest BCUT2D eigenvalue weighted by atomic mass is 10.3. The molecule has 0 radical (unpaired) electrons. The number of thioether (sulfide) groups is 1. The van der Waals surface area contributed by atoms with Crippen LogP contribution in [0.3, 0.4) is 0 Å². The van der Waals surface area contributed by atoms with Crippen LogP contribution in [0.25, 0.3) is 0 Å². The van der Waals surface area contributed by atoms with Crippen molar-refractivity contribution in [2.45, 2.75) is 6.92 Å². The van der Waals surface area contributed by atoms with Gasteiger partial charge < -0.3 is 5.73 Å². The molecule has 0 bridgehead atoms. The van der Waals surface area contributed by atoms with E-state index in [0.29, 0.717) is 15.2 Å². The van der Waals surface area contributed by atoms with Crippen LogP contribution < -0.4 is 5.73 Å². The highest BCUT2D eigenvalue weighted by atomic mass is 35.5. The molecule has 0 saturated heterocycles. The number of hydrogen-bond donors (Lipinski definition) is 1. The lowest BCUT2D eigenvalue weighted by Crippen LogP contribution is -2.05. The van der Waals surface area contributed by atoms with Gasteiger partial charge in [-0.2, -0.15) is 0 Å². The molecule has 0 aliphatic carbocycles. The van der Waals surface area contributed by atoms with Crippen molar-refractivity contribution < 1.29 is 0 Å². The van der Waals surface area contributed by atoms with E-state index in [-0.39, 0.29) is 0 Å². The first-order chi connectivity index (χ1) is 6.63. The van der Waals surface area contributed by atoms with E-state index in [9.17, 15) is 0 Å². The van der Waals surface area contributed by atoms with Crippen molar-refractivity contribution in [3.05, 3.63) is 28.2 Å². The number of nitrogens with two attached hydrogens (primary N) is 1. The topological polar surface area (TPSA) is 38.4 Å². The SMILES string of the molecule is CCSC(N)=Nc1ccc(Cl)c(Cl)c1. The Labute approximate surface area is 97.5 Å². The summed E-state index contributed by atoms with van der Waals surface area (Å²) in [7, 11) is 0. The van der Waals surface area contributed by atoms with E-state index >= 15 is 0 Å². The molecule has 1 aromatic carbocycles. The van der Waals surface area contributed by atoms with Gasteiger partial charge in [-0.05, 0) is 24.0 Å². The first-order valence-electron chi connectivity index (χ1n) is 4.05. The molecule has 0 amide bonds. The molecule has 0 unspecified atom stereocenters.